The van der Waals surface area contributed by atoms with Gasteiger partial charge in [-0.2, -0.15) is 0 Å². The van der Waals surface area contributed by atoms with E-state index in [0.717, 1.165) is 6.42 Å². The normalized spacial score (nSPS) is 11.5. The number of rotatable bonds is 7. The highest BCUT2D eigenvalue weighted by Gasteiger charge is 2.28. The van der Waals surface area contributed by atoms with E-state index in [0.29, 0.717) is 29.4 Å². The molecule has 6 nitrogen and oxygen atoms in total. The van der Waals surface area contributed by atoms with Crippen LogP contribution in [0.2, 0.25) is 0 Å². The molecule has 0 aliphatic heterocycles. The predicted octanol–water partition coefficient (Wildman–Crippen LogP) is 1.06. The van der Waals surface area contributed by atoms with Gasteiger partial charge in [0.2, 0.25) is 0 Å². The SMILES string of the molecule is CCCc1nc(NN)c(C)c(NCC(F)(F)CO)n1. The number of halogens is 2. The maximum Gasteiger partial charge on any atom is 0.287 e. The first-order chi connectivity index (χ1) is 8.93. The highest BCUT2D eigenvalue weighted by Crippen LogP contribution is 2.21. The summed E-state index contributed by atoms with van der Waals surface area (Å²) in [5.74, 6) is 3.35. The average molecular weight is 275 g/mol. The fourth-order valence-corrected chi connectivity index (χ4v) is 1.48. The molecule has 0 atom stereocenters. The summed E-state index contributed by atoms with van der Waals surface area (Å²) in [5, 5.41) is 11.0. The second-order valence-electron chi connectivity index (χ2n) is 4.22. The molecule has 0 aromatic carbocycles. The van der Waals surface area contributed by atoms with E-state index in [1.54, 1.807) is 6.92 Å². The highest BCUT2D eigenvalue weighted by molar-refractivity contribution is 5.56. The summed E-state index contributed by atoms with van der Waals surface area (Å²) in [6.07, 6.45) is 1.46. The molecular weight excluding hydrogens is 256 g/mol. The molecule has 0 aliphatic rings. The third-order valence-corrected chi connectivity index (χ3v) is 2.55. The quantitative estimate of drug-likeness (QED) is 0.439. The molecule has 0 spiro atoms. The lowest BCUT2D eigenvalue weighted by atomic mass is 10.2. The molecule has 1 heterocycles. The predicted molar refractivity (Wildman–Crippen MR) is 69.1 cm³/mol. The second kappa shape index (κ2) is 6.58. The van der Waals surface area contributed by atoms with Crippen LogP contribution < -0.4 is 16.6 Å². The molecule has 1 aromatic rings. The van der Waals surface area contributed by atoms with Gasteiger partial charge in [-0.1, -0.05) is 6.92 Å². The number of hydrazine groups is 1. The number of hydrogen-bond acceptors (Lipinski definition) is 6. The Morgan fingerprint density at radius 2 is 1.95 bits per heavy atom. The van der Waals surface area contributed by atoms with Gasteiger partial charge < -0.3 is 15.8 Å². The van der Waals surface area contributed by atoms with Crippen molar-refractivity contribution < 1.29 is 13.9 Å². The van der Waals surface area contributed by atoms with Crippen LogP contribution in [-0.2, 0) is 6.42 Å². The lowest BCUT2D eigenvalue weighted by Crippen LogP contribution is -2.31. The van der Waals surface area contributed by atoms with Crippen LogP contribution in [-0.4, -0.2) is 34.1 Å². The summed E-state index contributed by atoms with van der Waals surface area (Å²) in [7, 11) is 0. The Balaban J connectivity index is 2.95. The molecule has 0 saturated carbocycles. The van der Waals surface area contributed by atoms with E-state index in [1.807, 2.05) is 6.92 Å². The number of nitrogens with two attached hydrogens (primary N) is 1. The summed E-state index contributed by atoms with van der Waals surface area (Å²) < 4.78 is 26.0. The zero-order chi connectivity index (χ0) is 14.5. The largest absolute Gasteiger partial charge is 0.390 e. The average Bonchev–Trinajstić information content (AvgIpc) is 2.39. The summed E-state index contributed by atoms with van der Waals surface area (Å²) in [6.45, 7) is 1.72. The number of anilines is 2. The van der Waals surface area contributed by atoms with Gasteiger partial charge in [0.05, 0.1) is 6.54 Å². The van der Waals surface area contributed by atoms with Crippen LogP contribution in [0.3, 0.4) is 0 Å². The Morgan fingerprint density at radius 1 is 1.32 bits per heavy atom. The minimum atomic E-state index is -3.20. The van der Waals surface area contributed by atoms with Gasteiger partial charge in [0, 0.05) is 12.0 Å². The van der Waals surface area contributed by atoms with Gasteiger partial charge in [0.25, 0.3) is 5.92 Å². The number of aromatic nitrogens is 2. The third-order valence-electron chi connectivity index (χ3n) is 2.55. The van der Waals surface area contributed by atoms with Crippen LogP contribution >= 0.6 is 0 Å². The van der Waals surface area contributed by atoms with Crippen LogP contribution in [0.25, 0.3) is 0 Å². The van der Waals surface area contributed by atoms with Gasteiger partial charge in [-0.25, -0.2) is 24.6 Å². The Hall–Kier alpha value is -1.54. The Morgan fingerprint density at radius 3 is 2.47 bits per heavy atom. The summed E-state index contributed by atoms with van der Waals surface area (Å²) in [5.41, 5.74) is 2.97. The first kappa shape index (κ1) is 15.5. The van der Waals surface area contributed by atoms with Crippen molar-refractivity contribution in [1.29, 1.82) is 0 Å². The van der Waals surface area contributed by atoms with Crippen molar-refractivity contribution in [2.75, 3.05) is 23.9 Å². The lowest BCUT2D eigenvalue weighted by molar-refractivity contribution is -0.0373. The minimum absolute atomic E-state index is 0.291. The van der Waals surface area contributed by atoms with Crippen LogP contribution in [0.4, 0.5) is 20.4 Å². The molecule has 0 amide bonds. The fraction of sp³-hybridized carbons (Fsp3) is 0.636. The maximum absolute atomic E-state index is 13.0. The van der Waals surface area contributed by atoms with Crippen molar-refractivity contribution in [3.63, 3.8) is 0 Å². The second-order valence-corrected chi connectivity index (χ2v) is 4.22. The Bertz CT molecular complexity index is 428. The van der Waals surface area contributed by atoms with E-state index in [-0.39, 0.29) is 0 Å². The molecule has 0 bridgehead atoms. The number of nitrogen functional groups attached to an aromatic ring is 1. The zero-order valence-corrected chi connectivity index (χ0v) is 11.0. The molecule has 0 radical (unpaired) electrons. The van der Waals surface area contributed by atoms with Crippen molar-refractivity contribution in [1.82, 2.24) is 9.97 Å². The van der Waals surface area contributed by atoms with Crippen molar-refractivity contribution in [2.45, 2.75) is 32.6 Å². The third kappa shape index (κ3) is 4.25. The smallest absolute Gasteiger partial charge is 0.287 e. The molecule has 5 N–H and O–H groups in total. The van der Waals surface area contributed by atoms with E-state index in [2.05, 4.69) is 20.7 Å². The number of hydrogen-bond donors (Lipinski definition) is 4. The van der Waals surface area contributed by atoms with Crippen LogP contribution in [0, 0.1) is 6.92 Å². The minimum Gasteiger partial charge on any atom is -0.390 e. The lowest BCUT2D eigenvalue weighted by Gasteiger charge is -2.17. The van der Waals surface area contributed by atoms with Gasteiger partial charge in [-0.3, -0.25) is 0 Å². The molecule has 0 unspecified atom stereocenters. The van der Waals surface area contributed by atoms with E-state index < -0.39 is 19.1 Å². The van der Waals surface area contributed by atoms with Crippen LogP contribution in [0.5, 0.6) is 0 Å². The summed E-state index contributed by atoms with van der Waals surface area (Å²) >= 11 is 0. The number of aliphatic hydroxyl groups is 1. The van der Waals surface area contributed by atoms with E-state index in [9.17, 15) is 8.78 Å². The molecular formula is C11H19F2N5O. The van der Waals surface area contributed by atoms with Gasteiger partial charge in [0.15, 0.2) is 0 Å². The van der Waals surface area contributed by atoms with Crippen molar-refractivity contribution in [2.24, 2.45) is 5.84 Å². The van der Waals surface area contributed by atoms with Crippen molar-refractivity contribution in [3.05, 3.63) is 11.4 Å². The molecule has 1 rings (SSSR count). The molecule has 8 heteroatoms. The van der Waals surface area contributed by atoms with Gasteiger partial charge in [0.1, 0.15) is 24.1 Å². The number of aliphatic hydroxyl groups excluding tert-OH is 1. The summed E-state index contributed by atoms with van der Waals surface area (Å²) in [6, 6.07) is 0. The fourth-order valence-electron chi connectivity index (χ4n) is 1.48. The van der Waals surface area contributed by atoms with Gasteiger partial charge in [-0.15, -0.1) is 0 Å². The van der Waals surface area contributed by atoms with Crippen molar-refractivity contribution >= 4 is 11.6 Å². The topological polar surface area (TPSA) is 96.1 Å². The van der Waals surface area contributed by atoms with Gasteiger partial charge >= 0.3 is 0 Å². The number of nitrogens with zero attached hydrogens (tertiary/aromatic N) is 2. The number of nitrogens with one attached hydrogen (secondary N) is 2. The monoisotopic (exact) mass is 275 g/mol. The van der Waals surface area contributed by atoms with E-state index in [1.165, 1.54) is 0 Å². The van der Waals surface area contributed by atoms with E-state index in [4.69, 9.17) is 10.9 Å². The van der Waals surface area contributed by atoms with Crippen LogP contribution in [0.1, 0.15) is 24.7 Å². The number of aryl methyl sites for hydroxylation is 1. The first-order valence-corrected chi connectivity index (χ1v) is 6.00. The Labute approximate surface area is 110 Å². The molecule has 1 aromatic heterocycles. The first-order valence-electron chi connectivity index (χ1n) is 6.00. The van der Waals surface area contributed by atoms with Crippen LogP contribution in [0.15, 0.2) is 0 Å². The number of alkyl halides is 2. The Kier molecular flexibility index (Phi) is 5.37. The molecule has 108 valence electrons. The van der Waals surface area contributed by atoms with Gasteiger partial charge in [-0.05, 0) is 13.3 Å². The highest BCUT2D eigenvalue weighted by atomic mass is 19.3. The maximum atomic E-state index is 13.0. The summed E-state index contributed by atoms with van der Waals surface area (Å²) in [4.78, 5) is 8.36. The molecule has 19 heavy (non-hydrogen) atoms. The molecule has 0 saturated heterocycles. The molecule has 0 aliphatic carbocycles. The van der Waals surface area contributed by atoms with Crippen molar-refractivity contribution in [3.8, 4) is 0 Å². The standard InChI is InChI=1S/C11H19F2N5O/c1-3-4-8-16-9(7(2)10(17-8)18-14)15-5-11(12,13)6-19/h19H,3-6,14H2,1-2H3,(H2,15,16,17,18). The zero-order valence-electron chi connectivity index (χ0n) is 11.0. The van der Waals surface area contributed by atoms with E-state index >= 15 is 0 Å². The molecule has 0 fully saturated rings.